The van der Waals surface area contributed by atoms with Crippen molar-refractivity contribution in [2.45, 2.75) is 13.8 Å². The number of ketones is 1. The van der Waals surface area contributed by atoms with Crippen LogP contribution in [0.4, 0.5) is 0 Å². The molecule has 1 radical (unpaired) electrons. The van der Waals surface area contributed by atoms with Crippen molar-refractivity contribution in [1.82, 2.24) is 24.9 Å². The zero-order chi connectivity index (χ0) is 65.6. The topological polar surface area (TPSA) is 102 Å². The molecule has 9 heteroatoms. The van der Waals surface area contributed by atoms with Gasteiger partial charge in [0.25, 0.3) is 0 Å². The SMILES string of the molecule is CC(=O)C=C(C)O.[Ir+3].[Ir].[c-]1cccc2c1c1ncccc1c1ccccc21.[c-]1cccc2c1c1ncccc1c1ccccc21.[c-]1cccc2c1c1ncccc1c1ccccc21.[c-]1cccc2c1c1ncccc1c1ccccc21.[c-]1cccc2c1c1ncccc1c1ccccc21. The summed E-state index contributed by atoms with van der Waals surface area (Å²) in [5.74, 6) is -0.0625. The van der Waals surface area contributed by atoms with Crippen LogP contribution in [-0.4, -0.2) is 35.8 Å². The van der Waals surface area contributed by atoms with Crippen LogP contribution in [0.2, 0.25) is 0 Å². The Labute approximate surface area is 598 Å². The van der Waals surface area contributed by atoms with E-state index in [0.717, 1.165) is 54.5 Å². The van der Waals surface area contributed by atoms with Gasteiger partial charge in [-0.3, -0.25) is 4.79 Å². The third-order valence-electron chi connectivity index (χ3n) is 17.5. The molecule has 475 valence electrons. The molecule has 5 heterocycles. The summed E-state index contributed by atoms with van der Waals surface area (Å²) in [5.41, 5.74) is 5.17. The average molecular weight is 1630 g/mol. The molecule has 0 aliphatic heterocycles. The van der Waals surface area contributed by atoms with Gasteiger partial charge in [-0.1, -0.05) is 206 Å². The van der Waals surface area contributed by atoms with Crippen molar-refractivity contribution < 1.29 is 50.1 Å². The number of rotatable bonds is 1. The maximum Gasteiger partial charge on any atom is 3.00 e. The summed E-state index contributed by atoms with van der Waals surface area (Å²) < 4.78 is 0. The second-order valence-corrected chi connectivity index (χ2v) is 23.4. The number of allylic oxidation sites excluding steroid dienone is 2. The fourth-order valence-corrected chi connectivity index (χ4v) is 13.5. The predicted molar refractivity (Wildman–Crippen MR) is 405 cm³/mol. The van der Waals surface area contributed by atoms with E-state index in [1.165, 1.54) is 128 Å². The van der Waals surface area contributed by atoms with Gasteiger partial charge >= 0.3 is 20.1 Å². The third kappa shape index (κ3) is 13.0. The molecule has 7 nitrogen and oxygen atoms in total. The van der Waals surface area contributed by atoms with E-state index in [4.69, 9.17) is 5.11 Å². The minimum Gasteiger partial charge on any atom is -0.512 e. The van der Waals surface area contributed by atoms with E-state index in [1.807, 2.05) is 122 Å². The number of fused-ring (bicyclic) bond motifs is 30. The van der Waals surface area contributed by atoms with Crippen molar-refractivity contribution in [2.75, 3.05) is 0 Å². The number of aliphatic hydroxyl groups excluding tert-OH is 1. The molecule has 0 saturated heterocycles. The molecule has 0 aliphatic carbocycles. The molecule has 0 saturated carbocycles. The van der Waals surface area contributed by atoms with Crippen molar-refractivity contribution in [3.05, 3.63) is 346 Å². The number of aromatic nitrogens is 5. The van der Waals surface area contributed by atoms with Gasteiger partial charge in [0.05, 0.1) is 5.76 Å². The average Bonchev–Trinajstić information content (AvgIpc) is 0.799. The second-order valence-electron chi connectivity index (χ2n) is 23.4. The molecule has 20 rings (SSSR count). The molecule has 0 spiro atoms. The Morgan fingerprint density at radius 1 is 0.263 bits per heavy atom. The number of hydrogen-bond donors (Lipinski definition) is 1. The van der Waals surface area contributed by atoms with Gasteiger partial charge in [-0.25, -0.2) is 0 Å². The van der Waals surface area contributed by atoms with Crippen LogP contribution in [-0.2, 0) is 45.0 Å². The van der Waals surface area contributed by atoms with Gasteiger partial charge in [-0.2, -0.15) is 0 Å². The van der Waals surface area contributed by atoms with E-state index >= 15 is 0 Å². The summed E-state index contributed by atoms with van der Waals surface area (Å²) in [6.45, 7) is 2.85. The van der Waals surface area contributed by atoms with Crippen LogP contribution in [0.1, 0.15) is 13.8 Å². The standard InChI is InChI=1S/5C17H10N.C5H8O2.2Ir/c5*1-2-7-14-12(6-1)13-8-3-4-9-15(13)17-16(14)10-5-11-18-17;1-4(6)3-5(2)7;;/h5*1-8,10-11H;3,6H,1-2H3;;/q5*-1;;;+3. The minimum absolute atomic E-state index is 0. The first-order chi connectivity index (χ1) is 47.9. The Kier molecular flexibility index (Phi) is 19.9. The van der Waals surface area contributed by atoms with E-state index in [0.29, 0.717) is 0 Å². The van der Waals surface area contributed by atoms with Crippen LogP contribution in [0, 0.1) is 30.3 Å². The summed E-state index contributed by atoms with van der Waals surface area (Å²) in [5, 5.41) is 38.6. The molecule has 0 amide bonds. The van der Waals surface area contributed by atoms with E-state index in [1.54, 1.807) is 0 Å². The fourth-order valence-electron chi connectivity index (χ4n) is 13.5. The van der Waals surface area contributed by atoms with E-state index in [9.17, 15) is 4.79 Å². The third-order valence-corrected chi connectivity index (χ3v) is 17.5. The Bertz CT molecular complexity index is 4460. The number of pyridine rings is 5. The first-order valence-corrected chi connectivity index (χ1v) is 32.0. The largest absolute Gasteiger partial charge is 3.00 e. The maximum atomic E-state index is 10.0. The summed E-state index contributed by atoms with van der Waals surface area (Å²) in [4.78, 5) is 32.7. The number of hydrogen-bond acceptors (Lipinski definition) is 7. The van der Waals surface area contributed by atoms with Crippen molar-refractivity contribution in [3.8, 4) is 0 Å². The normalized spacial score (nSPS) is 11.1. The van der Waals surface area contributed by atoms with Crippen molar-refractivity contribution in [1.29, 1.82) is 0 Å². The second kappa shape index (κ2) is 29.8. The zero-order valence-corrected chi connectivity index (χ0v) is 58.5. The Hall–Kier alpha value is -11.5. The molecule has 0 fully saturated rings. The van der Waals surface area contributed by atoms with Gasteiger partial charge in [0.2, 0.25) is 0 Å². The maximum absolute atomic E-state index is 10.0. The number of benzene rings is 15. The van der Waals surface area contributed by atoms with Crippen LogP contribution >= 0.6 is 0 Å². The fraction of sp³-hybridized carbons (Fsp3) is 0.0222. The van der Waals surface area contributed by atoms with Crippen molar-refractivity contribution >= 4 is 168 Å². The summed E-state index contributed by atoms with van der Waals surface area (Å²) in [6, 6.07) is 110. The first-order valence-electron chi connectivity index (χ1n) is 32.0. The summed E-state index contributed by atoms with van der Waals surface area (Å²) >= 11 is 0. The molecule has 1 N–H and O–H groups in total. The Morgan fingerprint density at radius 3 is 0.586 bits per heavy atom. The van der Waals surface area contributed by atoms with Crippen LogP contribution in [0.25, 0.3) is 162 Å². The monoisotopic (exact) mass is 1630 g/mol. The molecule has 5 aromatic heterocycles. The Morgan fingerprint density at radius 2 is 0.424 bits per heavy atom. The molecular formula is C90H58Ir2N5O2-2. The van der Waals surface area contributed by atoms with Crippen molar-refractivity contribution in [2.24, 2.45) is 0 Å². The van der Waals surface area contributed by atoms with E-state index in [2.05, 4.69) is 237 Å². The molecule has 15 aromatic carbocycles. The number of carbonyl (C=O) groups excluding carboxylic acids is 1. The van der Waals surface area contributed by atoms with Crippen LogP contribution in [0.3, 0.4) is 0 Å². The number of nitrogens with zero attached hydrogens (tertiary/aromatic N) is 5. The number of carbonyl (C=O) groups is 1. The molecule has 99 heavy (non-hydrogen) atoms. The first kappa shape index (κ1) is 66.1. The minimum atomic E-state index is -0.125. The molecular weight excluding hydrogens is 1570 g/mol. The van der Waals surface area contributed by atoms with Gasteiger partial charge in [-0.15, -0.1) is 148 Å². The van der Waals surface area contributed by atoms with Crippen LogP contribution < -0.4 is 0 Å². The molecule has 0 unspecified atom stereocenters. The molecule has 0 bridgehead atoms. The molecule has 0 atom stereocenters. The predicted octanol–water partition coefficient (Wildman–Crippen LogP) is 22.7. The van der Waals surface area contributed by atoms with Gasteiger partial charge in [0, 0.05) is 57.2 Å². The summed E-state index contributed by atoms with van der Waals surface area (Å²) in [6.07, 6.45) is 10.4. The number of aliphatic hydroxyl groups is 1. The van der Waals surface area contributed by atoms with E-state index in [-0.39, 0.29) is 51.8 Å². The zero-order valence-electron chi connectivity index (χ0n) is 53.7. The van der Waals surface area contributed by atoms with Gasteiger partial charge in [0.1, 0.15) is 0 Å². The van der Waals surface area contributed by atoms with Gasteiger partial charge in [0.15, 0.2) is 5.78 Å². The van der Waals surface area contributed by atoms with E-state index < -0.39 is 0 Å². The molecule has 20 aromatic rings. The molecule has 0 aliphatic rings. The smallest absolute Gasteiger partial charge is 0.512 e. The quantitative estimate of drug-likeness (QED) is 0.0756. The Balaban J connectivity index is 0.000000108. The van der Waals surface area contributed by atoms with Crippen LogP contribution in [0.15, 0.2) is 316 Å². The van der Waals surface area contributed by atoms with Gasteiger partial charge < -0.3 is 30.0 Å². The van der Waals surface area contributed by atoms with Gasteiger partial charge in [-0.05, 0) is 126 Å². The summed E-state index contributed by atoms with van der Waals surface area (Å²) in [7, 11) is 0. The van der Waals surface area contributed by atoms with Crippen LogP contribution in [0.5, 0.6) is 0 Å². The van der Waals surface area contributed by atoms with Crippen molar-refractivity contribution in [3.63, 3.8) is 0 Å².